The summed E-state index contributed by atoms with van der Waals surface area (Å²) in [6, 6.07) is 0.430. The van der Waals surface area contributed by atoms with Crippen molar-refractivity contribution in [3.8, 4) is 0 Å². The molecule has 1 aliphatic carbocycles. The van der Waals surface area contributed by atoms with Crippen LogP contribution < -0.4 is 5.32 Å². The number of aliphatic hydroxyl groups is 1. The number of amides is 1. The number of hydrogen-bond acceptors (Lipinski definition) is 3. The maximum absolute atomic E-state index is 12.0. The normalized spacial score (nSPS) is 25.5. The summed E-state index contributed by atoms with van der Waals surface area (Å²) in [5, 5.41) is 12.2. The molecule has 4 heteroatoms. The second kappa shape index (κ2) is 4.94. The van der Waals surface area contributed by atoms with Gasteiger partial charge in [-0.2, -0.15) is 0 Å². The summed E-state index contributed by atoms with van der Waals surface area (Å²) in [7, 11) is 0. The number of nitrogens with zero attached hydrogens (tertiary/aromatic N) is 1. The summed E-state index contributed by atoms with van der Waals surface area (Å²) in [5.74, 6) is 0.748. The third-order valence-corrected chi connectivity index (χ3v) is 3.27. The van der Waals surface area contributed by atoms with Crippen molar-refractivity contribution >= 4 is 5.91 Å². The summed E-state index contributed by atoms with van der Waals surface area (Å²) >= 11 is 0. The molecule has 0 aromatic rings. The fourth-order valence-corrected chi connectivity index (χ4v) is 2.26. The van der Waals surface area contributed by atoms with Crippen LogP contribution in [0.25, 0.3) is 0 Å². The lowest BCUT2D eigenvalue weighted by Gasteiger charge is -2.22. The van der Waals surface area contributed by atoms with Crippen molar-refractivity contribution in [1.82, 2.24) is 10.2 Å². The predicted molar refractivity (Wildman–Crippen MR) is 57.4 cm³/mol. The molecule has 2 rings (SSSR count). The van der Waals surface area contributed by atoms with Gasteiger partial charge < -0.3 is 15.3 Å². The number of nitrogens with one attached hydrogen (secondary N) is 1. The van der Waals surface area contributed by atoms with E-state index in [1.807, 2.05) is 4.90 Å². The van der Waals surface area contributed by atoms with Crippen LogP contribution in [-0.4, -0.2) is 48.2 Å². The zero-order valence-corrected chi connectivity index (χ0v) is 9.11. The van der Waals surface area contributed by atoms with Gasteiger partial charge >= 0.3 is 0 Å². The van der Waals surface area contributed by atoms with Crippen molar-refractivity contribution in [2.24, 2.45) is 5.92 Å². The molecule has 1 aliphatic heterocycles. The van der Waals surface area contributed by atoms with Crippen LogP contribution >= 0.6 is 0 Å². The van der Waals surface area contributed by atoms with Crippen molar-refractivity contribution in [1.29, 1.82) is 0 Å². The highest BCUT2D eigenvalue weighted by atomic mass is 16.3. The van der Waals surface area contributed by atoms with Gasteiger partial charge in [-0.25, -0.2) is 0 Å². The first-order valence-electron chi connectivity index (χ1n) is 5.92. The molecule has 1 atom stereocenters. The van der Waals surface area contributed by atoms with Crippen LogP contribution in [0.5, 0.6) is 0 Å². The molecule has 0 spiro atoms. The van der Waals surface area contributed by atoms with Crippen LogP contribution in [-0.2, 0) is 4.79 Å². The third-order valence-electron chi connectivity index (χ3n) is 3.27. The maximum Gasteiger partial charge on any atom is 0.223 e. The fraction of sp³-hybridized carbons (Fsp3) is 0.909. The zero-order chi connectivity index (χ0) is 10.7. The van der Waals surface area contributed by atoms with Crippen molar-refractivity contribution in [2.45, 2.75) is 31.7 Å². The average molecular weight is 212 g/mol. The molecule has 0 aromatic carbocycles. The zero-order valence-electron chi connectivity index (χ0n) is 9.11. The second-order valence-electron chi connectivity index (χ2n) is 4.60. The lowest BCUT2D eigenvalue weighted by Crippen LogP contribution is -2.36. The van der Waals surface area contributed by atoms with Crippen molar-refractivity contribution in [3.05, 3.63) is 0 Å². The summed E-state index contributed by atoms with van der Waals surface area (Å²) in [5.41, 5.74) is 0. The van der Waals surface area contributed by atoms with Crippen LogP contribution in [0.1, 0.15) is 25.7 Å². The van der Waals surface area contributed by atoms with Gasteiger partial charge in [-0.05, 0) is 38.3 Å². The van der Waals surface area contributed by atoms with Gasteiger partial charge in [0.1, 0.15) is 0 Å². The maximum atomic E-state index is 12.0. The van der Waals surface area contributed by atoms with Crippen LogP contribution in [0, 0.1) is 5.92 Å². The van der Waals surface area contributed by atoms with E-state index in [-0.39, 0.29) is 12.5 Å². The molecule has 15 heavy (non-hydrogen) atoms. The molecule has 1 amide bonds. The third kappa shape index (κ3) is 2.92. The minimum Gasteiger partial charge on any atom is -0.395 e. The first-order valence-corrected chi connectivity index (χ1v) is 5.92. The monoisotopic (exact) mass is 212 g/mol. The first kappa shape index (κ1) is 10.9. The van der Waals surface area contributed by atoms with E-state index >= 15 is 0 Å². The molecule has 1 saturated heterocycles. The Balaban J connectivity index is 1.80. The summed E-state index contributed by atoms with van der Waals surface area (Å²) < 4.78 is 0. The average Bonchev–Trinajstić information content (AvgIpc) is 2.93. The van der Waals surface area contributed by atoms with Crippen molar-refractivity contribution < 1.29 is 9.90 Å². The van der Waals surface area contributed by atoms with Crippen LogP contribution in [0.2, 0.25) is 0 Å². The smallest absolute Gasteiger partial charge is 0.223 e. The van der Waals surface area contributed by atoms with E-state index in [0.29, 0.717) is 24.9 Å². The predicted octanol–water partition coefficient (Wildman–Crippen LogP) is -0.0307. The van der Waals surface area contributed by atoms with Gasteiger partial charge in [0.25, 0.3) is 0 Å². The highest BCUT2D eigenvalue weighted by Gasteiger charge is 2.33. The minimum atomic E-state index is 0.0884. The van der Waals surface area contributed by atoms with E-state index in [2.05, 4.69) is 5.32 Å². The quantitative estimate of drug-likeness (QED) is 0.673. The topological polar surface area (TPSA) is 52.6 Å². The molecule has 2 aliphatic rings. The Kier molecular flexibility index (Phi) is 3.59. The molecule has 2 N–H and O–H groups in total. The van der Waals surface area contributed by atoms with Gasteiger partial charge in [-0.3, -0.25) is 4.79 Å². The van der Waals surface area contributed by atoms with Gasteiger partial charge in [0.05, 0.1) is 6.61 Å². The van der Waals surface area contributed by atoms with Gasteiger partial charge in [0.2, 0.25) is 5.91 Å². The number of carbonyl (C=O) groups excluding carboxylic acids is 1. The van der Waals surface area contributed by atoms with Gasteiger partial charge in [-0.15, -0.1) is 0 Å². The molecule has 2 fully saturated rings. The molecule has 0 bridgehead atoms. The number of hydrogen-bond donors (Lipinski definition) is 2. The Bertz CT molecular complexity index is 223. The van der Waals surface area contributed by atoms with E-state index in [0.717, 1.165) is 32.4 Å². The Morgan fingerprint density at radius 3 is 2.73 bits per heavy atom. The summed E-state index contributed by atoms with van der Waals surface area (Å²) in [6.07, 6.45) is 4.01. The highest BCUT2D eigenvalue weighted by molar-refractivity contribution is 5.77. The van der Waals surface area contributed by atoms with E-state index in [9.17, 15) is 4.79 Å². The van der Waals surface area contributed by atoms with Crippen LogP contribution in [0.4, 0.5) is 0 Å². The molecular weight excluding hydrogens is 192 g/mol. The first-order chi connectivity index (χ1) is 7.31. The van der Waals surface area contributed by atoms with E-state index < -0.39 is 0 Å². The molecule has 1 saturated carbocycles. The SMILES string of the molecule is O=C(CC1CCNC1)N(CCO)C1CC1. The summed E-state index contributed by atoms with van der Waals surface area (Å²) in [6.45, 7) is 2.62. The molecule has 4 nitrogen and oxygen atoms in total. The molecule has 86 valence electrons. The standard InChI is InChI=1S/C11H20N2O2/c14-6-5-13(10-1-2-10)11(15)7-9-3-4-12-8-9/h9-10,12,14H,1-8H2. The van der Waals surface area contributed by atoms with E-state index in [1.54, 1.807) is 0 Å². The largest absolute Gasteiger partial charge is 0.395 e. The lowest BCUT2D eigenvalue weighted by atomic mass is 10.0. The van der Waals surface area contributed by atoms with E-state index in [4.69, 9.17) is 5.11 Å². The Morgan fingerprint density at radius 2 is 2.20 bits per heavy atom. The molecule has 1 unspecified atom stereocenters. The van der Waals surface area contributed by atoms with Gasteiger partial charge in [-0.1, -0.05) is 0 Å². The number of aliphatic hydroxyl groups excluding tert-OH is 1. The van der Waals surface area contributed by atoms with Crippen LogP contribution in [0.3, 0.4) is 0 Å². The van der Waals surface area contributed by atoms with E-state index in [1.165, 1.54) is 0 Å². The molecule has 0 radical (unpaired) electrons. The minimum absolute atomic E-state index is 0.0884. The molecular formula is C11H20N2O2. The van der Waals surface area contributed by atoms with Crippen LogP contribution in [0.15, 0.2) is 0 Å². The van der Waals surface area contributed by atoms with Crippen molar-refractivity contribution in [2.75, 3.05) is 26.2 Å². The van der Waals surface area contributed by atoms with Gasteiger partial charge in [0.15, 0.2) is 0 Å². The second-order valence-corrected chi connectivity index (χ2v) is 4.60. The Hall–Kier alpha value is -0.610. The lowest BCUT2D eigenvalue weighted by molar-refractivity contribution is -0.133. The highest BCUT2D eigenvalue weighted by Crippen LogP contribution is 2.28. The Morgan fingerprint density at radius 1 is 1.40 bits per heavy atom. The van der Waals surface area contributed by atoms with Gasteiger partial charge in [0, 0.05) is 19.0 Å². The summed E-state index contributed by atoms with van der Waals surface area (Å²) in [4.78, 5) is 13.8. The van der Waals surface area contributed by atoms with Crippen molar-refractivity contribution in [3.63, 3.8) is 0 Å². The number of carbonyl (C=O) groups is 1. The Labute approximate surface area is 90.6 Å². The number of rotatable bonds is 5. The molecule has 1 heterocycles. The fourth-order valence-electron chi connectivity index (χ4n) is 2.26. The molecule has 0 aromatic heterocycles.